The number of nitrogens with zero attached hydrogens (tertiary/aromatic N) is 1. The zero-order valence-corrected chi connectivity index (χ0v) is 12.0. The van der Waals surface area contributed by atoms with Crippen LogP contribution in [0.5, 0.6) is 0 Å². The summed E-state index contributed by atoms with van der Waals surface area (Å²) >= 11 is 5.44. The van der Waals surface area contributed by atoms with Gasteiger partial charge in [-0.05, 0) is 55.6 Å². The van der Waals surface area contributed by atoms with E-state index in [2.05, 4.69) is 16.5 Å². The molecule has 2 nitrogen and oxygen atoms in total. The number of aromatic nitrogens is 2. The maximum absolute atomic E-state index is 13.3. The fourth-order valence-corrected chi connectivity index (χ4v) is 3.55. The van der Waals surface area contributed by atoms with Crippen LogP contribution in [0.3, 0.4) is 0 Å². The van der Waals surface area contributed by atoms with Crippen LogP contribution in [0.4, 0.5) is 4.39 Å². The average molecular weight is 278 g/mol. The topological polar surface area (TPSA) is 20.7 Å². The molecule has 1 saturated carbocycles. The Balaban J connectivity index is 2.04. The largest absolute Gasteiger partial charge is 0.330 e. The highest BCUT2D eigenvalue weighted by Gasteiger charge is 2.20. The number of halogens is 1. The molecular formula is C15H19FN2S. The van der Waals surface area contributed by atoms with E-state index in [9.17, 15) is 4.39 Å². The molecule has 0 radical (unpaired) electrons. The summed E-state index contributed by atoms with van der Waals surface area (Å²) in [5.74, 6) is 0.590. The SMILES string of the molecule is CC1CCCC(n2c(=S)[nH]c3cc(F)ccc32)CC1. The van der Waals surface area contributed by atoms with Crippen molar-refractivity contribution in [1.29, 1.82) is 0 Å². The lowest BCUT2D eigenvalue weighted by Crippen LogP contribution is -2.08. The summed E-state index contributed by atoms with van der Waals surface area (Å²) in [4.78, 5) is 3.13. The molecule has 19 heavy (non-hydrogen) atoms. The first-order valence-electron chi connectivity index (χ1n) is 7.05. The van der Waals surface area contributed by atoms with Crippen LogP contribution in [0.15, 0.2) is 18.2 Å². The molecule has 0 bridgehead atoms. The molecule has 1 fully saturated rings. The molecule has 3 rings (SSSR count). The van der Waals surface area contributed by atoms with Gasteiger partial charge < -0.3 is 9.55 Å². The molecule has 1 aliphatic carbocycles. The van der Waals surface area contributed by atoms with Crippen molar-refractivity contribution in [3.05, 3.63) is 28.8 Å². The Bertz CT molecular complexity index is 643. The van der Waals surface area contributed by atoms with Crippen LogP contribution >= 0.6 is 12.2 Å². The van der Waals surface area contributed by atoms with Gasteiger partial charge in [-0.2, -0.15) is 0 Å². The van der Waals surface area contributed by atoms with E-state index in [0.29, 0.717) is 6.04 Å². The van der Waals surface area contributed by atoms with Gasteiger partial charge in [0.25, 0.3) is 0 Å². The maximum atomic E-state index is 13.3. The quantitative estimate of drug-likeness (QED) is 0.576. The fourth-order valence-electron chi connectivity index (χ4n) is 3.19. The first-order chi connectivity index (χ1) is 9.15. The average Bonchev–Trinajstić information content (AvgIpc) is 2.54. The molecule has 1 aromatic carbocycles. The number of nitrogens with one attached hydrogen (secondary N) is 1. The van der Waals surface area contributed by atoms with Crippen molar-refractivity contribution < 1.29 is 4.39 Å². The van der Waals surface area contributed by atoms with E-state index in [1.54, 1.807) is 0 Å². The second-order valence-corrected chi connectivity index (χ2v) is 6.12. The minimum atomic E-state index is -0.217. The van der Waals surface area contributed by atoms with E-state index in [4.69, 9.17) is 12.2 Å². The smallest absolute Gasteiger partial charge is 0.178 e. The van der Waals surface area contributed by atoms with Gasteiger partial charge in [-0.25, -0.2) is 4.39 Å². The second-order valence-electron chi connectivity index (χ2n) is 5.73. The number of hydrogen-bond acceptors (Lipinski definition) is 1. The third kappa shape index (κ3) is 2.46. The van der Waals surface area contributed by atoms with Crippen LogP contribution in [0.1, 0.15) is 45.1 Å². The van der Waals surface area contributed by atoms with Crippen molar-refractivity contribution in [3.8, 4) is 0 Å². The number of aromatic amines is 1. The van der Waals surface area contributed by atoms with Gasteiger partial charge in [0.1, 0.15) is 5.82 Å². The minimum absolute atomic E-state index is 0.217. The molecule has 1 heterocycles. The lowest BCUT2D eigenvalue weighted by molar-refractivity contribution is 0.438. The molecule has 1 aliphatic rings. The lowest BCUT2D eigenvalue weighted by Gasteiger charge is -2.17. The zero-order valence-electron chi connectivity index (χ0n) is 11.2. The summed E-state index contributed by atoms with van der Waals surface area (Å²) in [6.45, 7) is 2.33. The first-order valence-corrected chi connectivity index (χ1v) is 7.46. The monoisotopic (exact) mass is 278 g/mol. The van der Waals surface area contributed by atoms with Gasteiger partial charge in [0.05, 0.1) is 11.0 Å². The van der Waals surface area contributed by atoms with Gasteiger partial charge in [0.2, 0.25) is 0 Å². The van der Waals surface area contributed by atoms with Crippen LogP contribution in [0.25, 0.3) is 11.0 Å². The molecule has 4 heteroatoms. The van der Waals surface area contributed by atoms with Gasteiger partial charge in [0, 0.05) is 6.04 Å². The number of H-pyrrole nitrogens is 1. The van der Waals surface area contributed by atoms with Crippen LogP contribution in [0, 0.1) is 16.5 Å². The molecule has 0 aliphatic heterocycles. The number of hydrogen-bond donors (Lipinski definition) is 1. The summed E-state index contributed by atoms with van der Waals surface area (Å²) in [5.41, 5.74) is 1.84. The zero-order chi connectivity index (χ0) is 13.4. The predicted octanol–water partition coefficient (Wildman–Crippen LogP) is 4.98. The molecule has 0 spiro atoms. The number of imidazole rings is 1. The summed E-state index contributed by atoms with van der Waals surface area (Å²) in [6.07, 6.45) is 6.14. The molecule has 1 aromatic heterocycles. The fraction of sp³-hybridized carbons (Fsp3) is 0.533. The van der Waals surface area contributed by atoms with Gasteiger partial charge in [-0.15, -0.1) is 0 Å². The highest BCUT2D eigenvalue weighted by molar-refractivity contribution is 7.71. The molecule has 2 unspecified atom stereocenters. The van der Waals surface area contributed by atoms with Crippen molar-refractivity contribution in [3.63, 3.8) is 0 Å². The third-order valence-electron chi connectivity index (χ3n) is 4.27. The van der Waals surface area contributed by atoms with Crippen LogP contribution in [0.2, 0.25) is 0 Å². The predicted molar refractivity (Wildman–Crippen MR) is 78.4 cm³/mol. The van der Waals surface area contributed by atoms with E-state index in [-0.39, 0.29) is 5.82 Å². The Morgan fingerprint density at radius 2 is 2.11 bits per heavy atom. The lowest BCUT2D eigenvalue weighted by atomic mass is 10.0. The molecule has 1 N–H and O–H groups in total. The van der Waals surface area contributed by atoms with E-state index < -0.39 is 0 Å². The van der Waals surface area contributed by atoms with Gasteiger partial charge >= 0.3 is 0 Å². The molecule has 0 amide bonds. The third-order valence-corrected chi connectivity index (χ3v) is 4.57. The summed E-state index contributed by atoms with van der Waals surface area (Å²) in [6, 6.07) is 5.34. The molecule has 102 valence electrons. The number of fused-ring (bicyclic) bond motifs is 1. The Morgan fingerprint density at radius 1 is 1.26 bits per heavy atom. The van der Waals surface area contributed by atoms with Crippen LogP contribution in [-0.2, 0) is 0 Å². The summed E-state index contributed by atoms with van der Waals surface area (Å²) in [5, 5.41) is 0. The van der Waals surface area contributed by atoms with Crippen LogP contribution in [-0.4, -0.2) is 9.55 Å². The summed E-state index contributed by atoms with van der Waals surface area (Å²) < 4.78 is 16.2. The summed E-state index contributed by atoms with van der Waals surface area (Å²) in [7, 11) is 0. The highest BCUT2D eigenvalue weighted by Crippen LogP contribution is 2.32. The minimum Gasteiger partial charge on any atom is -0.330 e. The second kappa shape index (κ2) is 5.08. The van der Waals surface area contributed by atoms with Crippen molar-refractivity contribution in [2.24, 2.45) is 5.92 Å². The van der Waals surface area contributed by atoms with E-state index in [1.807, 2.05) is 6.07 Å². The Labute approximate surface area is 117 Å². The van der Waals surface area contributed by atoms with E-state index >= 15 is 0 Å². The van der Waals surface area contributed by atoms with Crippen LogP contribution < -0.4 is 0 Å². The normalized spacial score (nSPS) is 24.5. The van der Waals surface area contributed by atoms with Gasteiger partial charge in [-0.3, -0.25) is 0 Å². The number of benzene rings is 1. The molecule has 2 aromatic rings. The van der Waals surface area contributed by atoms with Crippen molar-refractivity contribution in [2.75, 3.05) is 0 Å². The van der Waals surface area contributed by atoms with Crippen molar-refractivity contribution in [2.45, 2.75) is 45.1 Å². The maximum Gasteiger partial charge on any atom is 0.178 e. The molecular weight excluding hydrogens is 259 g/mol. The molecule has 0 saturated heterocycles. The number of rotatable bonds is 1. The van der Waals surface area contributed by atoms with E-state index in [1.165, 1.54) is 44.2 Å². The first kappa shape index (κ1) is 12.9. The van der Waals surface area contributed by atoms with Gasteiger partial charge in [0.15, 0.2) is 4.77 Å². The van der Waals surface area contributed by atoms with Crippen molar-refractivity contribution in [1.82, 2.24) is 9.55 Å². The Kier molecular flexibility index (Phi) is 3.44. The Hall–Kier alpha value is -1.16. The molecule has 2 atom stereocenters. The Morgan fingerprint density at radius 3 is 2.95 bits per heavy atom. The van der Waals surface area contributed by atoms with Gasteiger partial charge in [-0.1, -0.05) is 19.8 Å². The van der Waals surface area contributed by atoms with E-state index in [0.717, 1.165) is 21.7 Å². The van der Waals surface area contributed by atoms with Crippen molar-refractivity contribution >= 4 is 23.3 Å². The standard InChI is InChI=1S/C15H19FN2S/c1-10-3-2-4-12(7-5-10)18-14-8-6-11(16)9-13(14)17-15(18)19/h6,8-10,12H,2-5,7H2,1H3,(H,17,19). The highest BCUT2D eigenvalue weighted by atomic mass is 32.1.